The number of carbonyl (C=O) groups is 1. The van der Waals surface area contributed by atoms with Crippen LogP contribution in [0, 0.1) is 5.92 Å². The van der Waals surface area contributed by atoms with Crippen molar-refractivity contribution < 1.29 is 9.53 Å². The Morgan fingerprint density at radius 1 is 1.26 bits per heavy atom. The van der Waals surface area contributed by atoms with Gasteiger partial charge in [0.1, 0.15) is 12.6 Å². The van der Waals surface area contributed by atoms with Gasteiger partial charge in [-0.3, -0.25) is 4.79 Å². The van der Waals surface area contributed by atoms with E-state index < -0.39 is 6.04 Å². The Balaban J connectivity index is 1.81. The number of carbonyl (C=O) groups excluding carboxylic acids is 1. The fourth-order valence-corrected chi connectivity index (χ4v) is 2.64. The van der Waals surface area contributed by atoms with Gasteiger partial charge in [0.15, 0.2) is 0 Å². The maximum atomic E-state index is 11.9. The van der Waals surface area contributed by atoms with E-state index in [0.29, 0.717) is 5.02 Å². The molecule has 1 aromatic carbocycles. The lowest BCUT2D eigenvalue weighted by atomic mass is 9.84. The maximum absolute atomic E-state index is 11.9. The van der Waals surface area contributed by atoms with Gasteiger partial charge in [-0.05, 0) is 36.5 Å². The van der Waals surface area contributed by atoms with E-state index in [-0.39, 0.29) is 18.5 Å². The van der Waals surface area contributed by atoms with Gasteiger partial charge in [-0.15, -0.1) is 0 Å². The number of esters is 1. The molecule has 3 nitrogen and oxygen atoms in total. The first-order valence-corrected chi connectivity index (χ1v) is 7.21. The lowest BCUT2D eigenvalue weighted by Gasteiger charge is -2.25. The van der Waals surface area contributed by atoms with Crippen molar-refractivity contribution in [1.82, 2.24) is 0 Å². The van der Waals surface area contributed by atoms with E-state index in [0.717, 1.165) is 18.4 Å². The summed E-state index contributed by atoms with van der Waals surface area (Å²) in [7, 11) is 0. The highest BCUT2D eigenvalue weighted by Crippen LogP contribution is 2.26. The molecule has 0 bridgehead atoms. The molecule has 1 atom stereocenters. The first kappa shape index (κ1) is 14.4. The molecule has 1 unspecified atom stereocenters. The van der Waals surface area contributed by atoms with Crippen LogP contribution >= 0.6 is 11.6 Å². The van der Waals surface area contributed by atoms with Crippen molar-refractivity contribution in [3.8, 4) is 0 Å². The smallest absolute Gasteiger partial charge is 0.323 e. The van der Waals surface area contributed by atoms with Crippen molar-refractivity contribution in [3.05, 3.63) is 34.9 Å². The van der Waals surface area contributed by atoms with Gasteiger partial charge in [0.05, 0.1) is 0 Å². The molecule has 1 aliphatic rings. The molecule has 0 spiro atoms. The van der Waals surface area contributed by atoms with E-state index in [9.17, 15) is 4.79 Å². The molecule has 0 heterocycles. The highest BCUT2D eigenvalue weighted by atomic mass is 35.5. The van der Waals surface area contributed by atoms with E-state index in [1.165, 1.54) is 19.3 Å². The Morgan fingerprint density at radius 3 is 2.53 bits per heavy atom. The molecule has 1 aromatic rings. The third-order valence-electron chi connectivity index (χ3n) is 3.72. The zero-order valence-electron chi connectivity index (χ0n) is 11.0. The average molecular weight is 282 g/mol. The van der Waals surface area contributed by atoms with Crippen LogP contribution in [0.4, 0.5) is 0 Å². The Hall–Kier alpha value is -1.06. The zero-order chi connectivity index (χ0) is 13.7. The van der Waals surface area contributed by atoms with Gasteiger partial charge in [0, 0.05) is 5.02 Å². The number of rotatable bonds is 4. The molecule has 19 heavy (non-hydrogen) atoms. The quantitative estimate of drug-likeness (QED) is 0.862. The zero-order valence-corrected chi connectivity index (χ0v) is 11.7. The van der Waals surface area contributed by atoms with E-state index >= 15 is 0 Å². The highest BCUT2D eigenvalue weighted by molar-refractivity contribution is 6.30. The average Bonchev–Trinajstić information content (AvgIpc) is 2.46. The normalized spacial score (nSPS) is 18.0. The van der Waals surface area contributed by atoms with E-state index in [1.54, 1.807) is 12.1 Å². The number of halogens is 1. The van der Waals surface area contributed by atoms with Gasteiger partial charge in [-0.2, -0.15) is 0 Å². The fraction of sp³-hybridized carbons (Fsp3) is 0.533. The van der Waals surface area contributed by atoms with E-state index in [1.807, 2.05) is 12.1 Å². The Bertz CT molecular complexity index is 413. The molecule has 0 saturated heterocycles. The summed E-state index contributed by atoms with van der Waals surface area (Å²) in [5.41, 5.74) is 6.91. The minimum Gasteiger partial charge on any atom is -0.460 e. The van der Waals surface area contributed by atoms with Crippen molar-refractivity contribution in [2.75, 3.05) is 0 Å². The Labute approximate surface area is 119 Å². The molecule has 1 saturated carbocycles. The first-order chi connectivity index (χ1) is 9.16. The lowest BCUT2D eigenvalue weighted by molar-refractivity contribution is -0.148. The summed E-state index contributed by atoms with van der Waals surface area (Å²) >= 11 is 5.80. The number of ether oxygens (including phenoxy) is 1. The highest BCUT2D eigenvalue weighted by Gasteiger charge is 2.27. The third-order valence-corrected chi connectivity index (χ3v) is 3.98. The van der Waals surface area contributed by atoms with Gasteiger partial charge < -0.3 is 10.5 Å². The molecular formula is C15H20ClNO2. The van der Waals surface area contributed by atoms with E-state index in [4.69, 9.17) is 22.1 Å². The Kier molecular flexibility index (Phi) is 5.23. The summed E-state index contributed by atoms with van der Waals surface area (Å²) in [5.74, 6) is -0.00619. The van der Waals surface area contributed by atoms with Crippen LogP contribution in [0.15, 0.2) is 24.3 Å². The predicted molar refractivity (Wildman–Crippen MR) is 75.8 cm³/mol. The van der Waals surface area contributed by atoms with Gasteiger partial charge in [0.25, 0.3) is 0 Å². The second kappa shape index (κ2) is 6.92. The second-order valence-electron chi connectivity index (χ2n) is 5.16. The number of hydrogen-bond donors (Lipinski definition) is 1. The van der Waals surface area contributed by atoms with Crippen molar-refractivity contribution in [1.29, 1.82) is 0 Å². The van der Waals surface area contributed by atoms with Crippen LogP contribution in [0.3, 0.4) is 0 Å². The molecule has 0 radical (unpaired) electrons. The SMILES string of the molecule is NC(C(=O)OCc1ccc(Cl)cc1)C1CCCCC1. The lowest BCUT2D eigenvalue weighted by Crippen LogP contribution is -2.40. The van der Waals surface area contributed by atoms with Gasteiger partial charge in [-0.1, -0.05) is 43.0 Å². The van der Waals surface area contributed by atoms with Crippen LogP contribution in [-0.2, 0) is 16.1 Å². The summed E-state index contributed by atoms with van der Waals surface area (Å²) in [6.07, 6.45) is 5.67. The summed E-state index contributed by atoms with van der Waals surface area (Å²) in [6, 6.07) is 6.79. The summed E-state index contributed by atoms with van der Waals surface area (Å²) in [5, 5.41) is 0.675. The summed E-state index contributed by atoms with van der Waals surface area (Å²) in [4.78, 5) is 11.9. The second-order valence-corrected chi connectivity index (χ2v) is 5.59. The molecule has 0 aliphatic heterocycles. The molecule has 0 aromatic heterocycles. The largest absolute Gasteiger partial charge is 0.460 e. The van der Waals surface area contributed by atoms with E-state index in [2.05, 4.69) is 0 Å². The van der Waals surface area contributed by atoms with Crippen LogP contribution in [0.25, 0.3) is 0 Å². The number of nitrogens with two attached hydrogens (primary N) is 1. The van der Waals surface area contributed by atoms with Crippen LogP contribution in [0.1, 0.15) is 37.7 Å². The predicted octanol–water partition coefficient (Wildman–Crippen LogP) is 3.29. The minimum absolute atomic E-state index is 0.260. The van der Waals surface area contributed by atoms with Crippen molar-refractivity contribution in [2.45, 2.75) is 44.8 Å². The van der Waals surface area contributed by atoms with Crippen LogP contribution in [0.5, 0.6) is 0 Å². The summed E-state index contributed by atoms with van der Waals surface area (Å²) in [6.45, 7) is 0.260. The molecule has 1 aliphatic carbocycles. The third kappa shape index (κ3) is 4.22. The molecular weight excluding hydrogens is 262 g/mol. The first-order valence-electron chi connectivity index (χ1n) is 6.83. The standard InChI is InChI=1S/C15H20ClNO2/c16-13-8-6-11(7-9-13)10-19-15(18)14(17)12-4-2-1-3-5-12/h6-9,12,14H,1-5,10,17H2. The fourth-order valence-electron chi connectivity index (χ4n) is 2.52. The van der Waals surface area contributed by atoms with Crippen molar-refractivity contribution in [3.63, 3.8) is 0 Å². The molecule has 1 fully saturated rings. The topological polar surface area (TPSA) is 52.3 Å². The van der Waals surface area contributed by atoms with Crippen LogP contribution in [0.2, 0.25) is 5.02 Å². The minimum atomic E-state index is -0.479. The van der Waals surface area contributed by atoms with Crippen LogP contribution < -0.4 is 5.73 Å². The van der Waals surface area contributed by atoms with Gasteiger partial charge in [0.2, 0.25) is 0 Å². The molecule has 4 heteroatoms. The number of benzene rings is 1. The van der Waals surface area contributed by atoms with Gasteiger partial charge in [-0.25, -0.2) is 0 Å². The van der Waals surface area contributed by atoms with Crippen molar-refractivity contribution >= 4 is 17.6 Å². The summed E-state index contributed by atoms with van der Waals surface area (Å²) < 4.78 is 5.28. The number of hydrogen-bond acceptors (Lipinski definition) is 3. The maximum Gasteiger partial charge on any atom is 0.323 e. The molecule has 104 valence electrons. The van der Waals surface area contributed by atoms with Crippen molar-refractivity contribution in [2.24, 2.45) is 11.7 Å². The molecule has 2 rings (SSSR count). The van der Waals surface area contributed by atoms with Gasteiger partial charge >= 0.3 is 5.97 Å². The molecule has 2 N–H and O–H groups in total. The Morgan fingerprint density at radius 2 is 1.89 bits per heavy atom. The molecule has 0 amide bonds. The monoisotopic (exact) mass is 281 g/mol. The van der Waals surface area contributed by atoms with Crippen LogP contribution in [-0.4, -0.2) is 12.0 Å².